The molecule has 0 aliphatic carbocycles. The molecule has 3 aromatic carbocycles. The van der Waals surface area contributed by atoms with E-state index in [0.29, 0.717) is 19.6 Å². The van der Waals surface area contributed by atoms with Crippen molar-refractivity contribution in [3.63, 3.8) is 0 Å². The molecule has 0 unspecified atom stereocenters. The van der Waals surface area contributed by atoms with Crippen molar-refractivity contribution in [3.05, 3.63) is 102 Å². The van der Waals surface area contributed by atoms with Crippen molar-refractivity contribution in [1.82, 2.24) is 0 Å². The molecular formula is C26H28O4. The van der Waals surface area contributed by atoms with Crippen LogP contribution in [0.25, 0.3) is 0 Å². The number of rotatable bonds is 12. The maximum absolute atomic E-state index is 11.9. The summed E-state index contributed by atoms with van der Waals surface area (Å²) in [5.74, 6) is 0.802. The van der Waals surface area contributed by atoms with Gasteiger partial charge < -0.3 is 19.0 Å². The first kappa shape index (κ1) is 21.8. The molecule has 3 rings (SSSR count). The molecule has 0 saturated carbocycles. The number of methoxy groups -OCH3 is 1. The molecule has 0 aliphatic heterocycles. The average Bonchev–Trinajstić information content (AvgIpc) is 2.82. The van der Waals surface area contributed by atoms with Crippen molar-refractivity contribution in [2.45, 2.75) is 38.3 Å². The topological polar surface area (TPSA) is 44.8 Å². The Labute approximate surface area is 178 Å². The summed E-state index contributed by atoms with van der Waals surface area (Å²) in [6, 6.07) is 27.8. The zero-order valence-electron chi connectivity index (χ0n) is 17.3. The highest BCUT2D eigenvalue weighted by atomic mass is 16.5. The number of ether oxygens (including phenoxy) is 3. The lowest BCUT2D eigenvalue weighted by atomic mass is 10.0. The standard InChI is InChI=1S/C26H28O4/c1-28-24-15-12-23(13-16-24)20-29-25(17-14-21-8-4-2-5-9-21)26(18-27)30-19-22-10-6-3-7-11-22/h2-13,15-16,18,25-26H,14,17,19-20H2,1H3/t25-,26-/m1/s1. The normalized spacial score (nSPS) is 12.8. The summed E-state index contributed by atoms with van der Waals surface area (Å²) in [5.41, 5.74) is 3.26. The Morgan fingerprint density at radius 1 is 0.733 bits per heavy atom. The van der Waals surface area contributed by atoms with Crippen LogP contribution in [0.2, 0.25) is 0 Å². The van der Waals surface area contributed by atoms with Crippen molar-refractivity contribution >= 4 is 6.29 Å². The predicted molar refractivity (Wildman–Crippen MR) is 117 cm³/mol. The summed E-state index contributed by atoms with van der Waals surface area (Å²) >= 11 is 0. The summed E-state index contributed by atoms with van der Waals surface area (Å²) in [6.45, 7) is 0.778. The third-order valence-corrected chi connectivity index (χ3v) is 4.97. The van der Waals surface area contributed by atoms with Crippen LogP contribution in [-0.2, 0) is 33.9 Å². The number of aryl methyl sites for hydroxylation is 1. The number of hydrogen-bond acceptors (Lipinski definition) is 4. The fourth-order valence-corrected chi connectivity index (χ4v) is 3.22. The molecule has 30 heavy (non-hydrogen) atoms. The molecular weight excluding hydrogens is 376 g/mol. The second-order valence-corrected chi connectivity index (χ2v) is 7.12. The van der Waals surface area contributed by atoms with Gasteiger partial charge in [0, 0.05) is 0 Å². The summed E-state index contributed by atoms with van der Waals surface area (Å²) in [4.78, 5) is 11.9. The van der Waals surface area contributed by atoms with E-state index >= 15 is 0 Å². The zero-order chi connectivity index (χ0) is 21.0. The highest BCUT2D eigenvalue weighted by Gasteiger charge is 2.23. The fourth-order valence-electron chi connectivity index (χ4n) is 3.22. The maximum Gasteiger partial charge on any atom is 0.151 e. The van der Waals surface area contributed by atoms with Crippen LogP contribution >= 0.6 is 0 Å². The minimum absolute atomic E-state index is 0.339. The first-order valence-electron chi connectivity index (χ1n) is 10.2. The van der Waals surface area contributed by atoms with E-state index in [-0.39, 0.29) is 6.10 Å². The van der Waals surface area contributed by atoms with Crippen molar-refractivity contribution in [2.24, 2.45) is 0 Å². The second-order valence-electron chi connectivity index (χ2n) is 7.12. The molecule has 0 spiro atoms. The lowest BCUT2D eigenvalue weighted by molar-refractivity contribution is -0.133. The molecule has 0 heterocycles. The smallest absolute Gasteiger partial charge is 0.151 e. The van der Waals surface area contributed by atoms with Gasteiger partial charge in [0.05, 0.1) is 26.4 Å². The molecule has 0 bridgehead atoms. The Balaban J connectivity index is 1.64. The maximum atomic E-state index is 11.9. The minimum atomic E-state index is -0.632. The Kier molecular flexibility index (Phi) is 8.63. The molecule has 4 nitrogen and oxygen atoms in total. The quantitative estimate of drug-likeness (QED) is 0.399. The molecule has 156 valence electrons. The fraction of sp³-hybridized carbons (Fsp3) is 0.269. The molecule has 0 aromatic heterocycles. The summed E-state index contributed by atoms with van der Waals surface area (Å²) < 4.78 is 17.3. The summed E-state index contributed by atoms with van der Waals surface area (Å²) in [7, 11) is 1.64. The van der Waals surface area contributed by atoms with Crippen molar-refractivity contribution < 1.29 is 19.0 Å². The van der Waals surface area contributed by atoms with Gasteiger partial charge in [-0.2, -0.15) is 0 Å². The first-order chi connectivity index (χ1) is 14.8. The van der Waals surface area contributed by atoms with Gasteiger partial charge in [-0.25, -0.2) is 0 Å². The number of benzene rings is 3. The molecule has 3 aromatic rings. The van der Waals surface area contributed by atoms with Crippen LogP contribution in [0.4, 0.5) is 0 Å². The van der Waals surface area contributed by atoms with Crippen LogP contribution in [0.15, 0.2) is 84.9 Å². The van der Waals surface area contributed by atoms with Gasteiger partial charge in [-0.15, -0.1) is 0 Å². The largest absolute Gasteiger partial charge is 0.497 e. The van der Waals surface area contributed by atoms with Gasteiger partial charge in [-0.05, 0) is 41.7 Å². The van der Waals surface area contributed by atoms with Gasteiger partial charge in [-0.3, -0.25) is 0 Å². The first-order valence-corrected chi connectivity index (χ1v) is 10.2. The lowest BCUT2D eigenvalue weighted by Crippen LogP contribution is -2.33. The van der Waals surface area contributed by atoms with E-state index in [2.05, 4.69) is 12.1 Å². The number of carbonyl (C=O) groups excluding carboxylic acids is 1. The predicted octanol–water partition coefficient (Wildman–Crippen LogP) is 5.00. The van der Waals surface area contributed by atoms with E-state index in [0.717, 1.165) is 29.6 Å². The number of carbonyl (C=O) groups is 1. The summed E-state index contributed by atoms with van der Waals surface area (Å²) in [5, 5.41) is 0. The van der Waals surface area contributed by atoms with Crippen LogP contribution in [0.5, 0.6) is 5.75 Å². The van der Waals surface area contributed by atoms with Gasteiger partial charge in [-0.1, -0.05) is 72.8 Å². The summed E-state index contributed by atoms with van der Waals surface area (Å²) in [6.07, 6.45) is 1.39. The molecule has 4 heteroatoms. The van der Waals surface area contributed by atoms with E-state index < -0.39 is 6.10 Å². The second kappa shape index (κ2) is 11.9. The molecule has 0 radical (unpaired) electrons. The molecule has 0 fully saturated rings. The van der Waals surface area contributed by atoms with Gasteiger partial charge >= 0.3 is 0 Å². The van der Waals surface area contributed by atoms with Crippen LogP contribution in [0, 0.1) is 0 Å². The van der Waals surface area contributed by atoms with Crippen LogP contribution in [0.3, 0.4) is 0 Å². The Hall–Kier alpha value is -2.95. The molecule has 0 aliphatic rings. The average molecular weight is 405 g/mol. The van der Waals surface area contributed by atoms with E-state index in [1.807, 2.05) is 72.8 Å². The molecule has 0 amide bonds. The molecule has 0 saturated heterocycles. The highest BCUT2D eigenvalue weighted by molar-refractivity contribution is 5.57. The SMILES string of the molecule is COc1ccc(CO[C@H](CCc2ccccc2)[C@@H](C=O)OCc2ccccc2)cc1. The third-order valence-electron chi connectivity index (χ3n) is 4.97. The van der Waals surface area contributed by atoms with E-state index in [9.17, 15) is 4.79 Å². The highest BCUT2D eigenvalue weighted by Crippen LogP contribution is 2.18. The Bertz CT molecular complexity index is 863. The molecule has 0 N–H and O–H groups in total. The van der Waals surface area contributed by atoms with Crippen molar-refractivity contribution in [1.29, 1.82) is 0 Å². The van der Waals surface area contributed by atoms with Crippen molar-refractivity contribution in [3.8, 4) is 5.75 Å². The van der Waals surface area contributed by atoms with Crippen LogP contribution < -0.4 is 4.74 Å². The number of hydrogen-bond donors (Lipinski definition) is 0. The van der Waals surface area contributed by atoms with Crippen LogP contribution in [0.1, 0.15) is 23.1 Å². The Morgan fingerprint density at radius 3 is 1.90 bits per heavy atom. The van der Waals surface area contributed by atoms with E-state index in [1.54, 1.807) is 7.11 Å². The number of aldehydes is 1. The van der Waals surface area contributed by atoms with Gasteiger partial charge in [0.25, 0.3) is 0 Å². The van der Waals surface area contributed by atoms with Gasteiger partial charge in [0.2, 0.25) is 0 Å². The van der Waals surface area contributed by atoms with E-state index in [1.165, 1.54) is 5.56 Å². The van der Waals surface area contributed by atoms with Gasteiger partial charge in [0.15, 0.2) is 6.29 Å². The minimum Gasteiger partial charge on any atom is -0.497 e. The lowest BCUT2D eigenvalue weighted by Gasteiger charge is -2.24. The van der Waals surface area contributed by atoms with Crippen molar-refractivity contribution in [2.75, 3.05) is 7.11 Å². The Morgan fingerprint density at radius 2 is 1.30 bits per heavy atom. The van der Waals surface area contributed by atoms with E-state index in [4.69, 9.17) is 14.2 Å². The molecule has 2 atom stereocenters. The zero-order valence-corrected chi connectivity index (χ0v) is 17.3. The van der Waals surface area contributed by atoms with Crippen LogP contribution in [-0.4, -0.2) is 25.6 Å². The third kappa shape index (κ3) is 6.83. The van der Waals surface area contributed by atoms with Gasteiger partial charge in [0.1, 0.15) is 11.9 Å². The monoisotopic (exact) mass is 404 g/mol.